The summed E-state index contributed by atoms with van der Waals surface area (Å²) in [5.41, 5.74) is 1.01. The predicted molar refractivity (Wildman–Crippen MR) is 45.0 cm³/mol. The number of pyridine rings is 1. The molecule has 1 aromatic rings. The largest absolute Gasteiger partial charge is 0.389 e. The minimum atomic E-state index is -0.393. The van der Waals surface area contributed by atoms with E-state index in [1.807, 2.05) is 18.2 Å². The summed E-state index contributed by atoms with van der Waals surface area (Å²) in [4.78, 5) is 3.93. The zero-order valence-electron chi connectivity index (χ0n) is 6.44. The third-order valence-corrected chi connectivity index (χ3v) is 1.25. The highest BCUT2D eigenvalue weighted by Gasteiger charge is 1.86. The van der Waals surface area contributed by atoms with Gasteiger partial charge in [0.05, 0.1) is 6.10 Å². The number of aliphatic hydroxyl groups excluding tert-OH is 1. The molecule has 1 unspecified atom stereocenters. The Morgan fingerprint density at radius 2 is 2.45 bits per heavy atom. The van der Waals surface area contributed by atoms with Crippen LogP contribution in [0.3, 0.4) is 0 Å². The molecule has 1 aromatic heterocycles. The van der Waals surface area contributed by atoms with Crippen LogP contribution in [0.4, 0.5) is 0 Å². The highest BCUT2D eigenvalue weighted by atomic mass is 16.3. The van der Waals surface area contributed by atoms with E-state index >= 15 is 0 Å². The van der Waals surface area contributed by atoms with Crippen molar-refractivity contribution in [2.45, 2.75) is 13.0 Å². The molecule has 0 aliphatic heterocycles. The molecule has 58 valence electrons. The van der Waals surface area contributed by atoms with Crippen LogP contribution in [0.25, 0.3) is 6.08 Å². The Hall–Kier alpha value is -1.15. The number of hydrogen-bond acceptors (Lipinski definition) is 2. The smallest absolute Gasteiger partial charge is 0.0696 e. The van der Waals surface area contributed by atoms with Gasteiger partial charge in [0.2, 0.25) is 0 Å². The number of aliphatic hydroxyl groups is 1. The van der Waals surface area contributed by atoms with Crippen molar-refractivity contribution in [1.82, 2.24) is 4.98 Å². The number of rotatable bonds is 2. The van der Waals surface area contributed by atoms with Crippen molar-refractivity contribution in [3.63, 3.8) is 0 Å². The van der Waals surface area contributed by atoms with Crippen LogP contribution in [0.1, 0.15) is 12.5 Å². The molecule has 1 atom stereocenters. The van der Waals surface area contributed by atoms with E-state index in [2.05, 4.69) is 4.98 Å². The molecule has 0 amide bonds. The Bertz CT molecular complexity index is 229. The average Bonchev–Trinajstić information content (AvgIpc) is 2.03. The topological polar surface area (TPSA) is 33.1 Å². The van der Waals surface area contributed by atoms with Gasteiger partial charge in [0.1, 0.15) is 0 Å². The maximum atomic E-state index is 8.91. The molecule has 1 N–H and O–H groups in total. The van der Waals surface area contributed by atoms with E-state index in [0.29, 0.717) is 0 Å². The average molecular weight is 149 g/mol. The van der Waals surface area contributed by atoms with Crippen LogP contribution in [0, 0.1) is 0 Å². The second-order valence-corrected chi connectivity index (χ2v) is 2.39. The highest BCUT2D eigenvalue weighted by molar-refractivity contribution is 5.47. The normalized spacial score (nSPS) is 13.6. The molecular formula is C9H11NO. The highest BCUT2D eigenvalue weighted by Crippen LogP contribution is 1.99. The Labute approximate surface area is 66.2 Å². The molecule has 0 aliphatic carbocycles. The molecule has 0 radical (unpaired) electrons. The number of nitrogens with zero attached hydrogens (tertiary/aromatic N) is 1. The molecule has 0 fully saturated rings. The lowest BCUT2D eigenvalue weighted by atomic mass is 10.2. The summed E-state index contributed by atoms with van der Waals surface area (Å²) < 4.78 is 0. The van der Waals surface area contributed by atoms with Gasteiger partial charge >= 0.3 is 0 Å². The van der Waals surface area contributed by atoms with Crippen molar-refractivity contribution < 1.29 is 5.11 Å². The minimum Gasteiger partial charge on any atom is -0.389 e. The van der Waals surface area contributed by atoms with Crippen LogP contribution in [-0.4, -0.2) is 16.2 Å². The SMILES string of the molecule is CC(O)/C=C\c1cccnc1. The van der Waals surface area contributed by atoms with E-state index in [0.717, 1.165) is 5.56 Å². The third-order valence-electron chi connectivity index (χ3n) is 1.25. The van der Waals surface area contributed by atoms with E-state index in [1.54, 1.807) is 25.4 Å². The van der Waals surface area contributed by atoms with E-state index in [9.17, 15) is 0 Å². The van der Waals surface area contributed by atoms with Crippen LogP contribution < -0.4 is 0 Å². The molecule has 11 heavy (non-hydrogen) atoms. The lowest BCUT2D eigenvalue weighted by Gasteiger charge is -1.93. The summed E-state index contributed by atoms with van der Waals surface area (Å²) in [6.07, 6.45) is 6.64. The van der Waals surface area contributed by atoms with Gasteiger partial charge in [-0.05, 0) is 18.6 Å². The molecule has 0 spiro atoms. The summed E-state index contributed by atoms with van der Waals surface area (Å²) >= 11 is 0. The molecule has 2 heteroatoms. The van der Waals surface area contributed by atoms with Crippen LogP contribution in [0.15, 0.2) is 30.6 Å². The first kappa shape index (κ1) is 7.95. The Morgan fingerprint density at radius 1 is 1.64 bits per heavy atom. The van der Waals surface area contributed by atoms with Crippen molar-refractivity contribution in [3.8, 4) is 0 Å². The maximum Gasteiger partial charge on any atom is 0.0696 e. The first-order valence-corrected chi connectivity index (χ1v) is 3.55. The minimum absolute atomic E-state index is 0.393. The second kappa shape index (κ2) is 3.88. The number of aromatic nitrogens is 1. The first-order chi connectivity index (χ1) is 5.29. The van der Waals surface area contributed by atoms with Crippen LogP contribution >= 0.6 is 0 Å². The quantitative estimate of drug-likeness (QED) is 0.690. The molecule has 0 saturated carbocycles. The fourth-order valence-electron chi connectivity index (χ4n) is 0.725. The van der Waals surface area contributed by atoms with Gasteiger partial charge in [-0.1, -0.05) is 18.2 Å². The summed E-state index contributed by atoms with van der Waals surface area (Å²) in [7, 11) is 0. The van der Waals surface area contributed by atoms with Crippen LogP contribution in [0.2, 0.25) is 0 Å². The fraction of sp³-hybridized carbons (Fsp3) is 0.222. The summed E-state index contributed by atoms with van der Waals surface area (Å²) in [6, 6.07) is 3.80. The lowest BCUT2D eigenvalue weighted by molar-refractivity contribution is 0.245. The monoisotopic (exact) mass is 149 g/mol. The molecule has 0 aromatic carbocycles. The summed E-state index contributed by atoms with van der Waals surface area (Å²) in [6.45, 7) is 1.72. The molecule has 0 saturated heterocycles. The van der Waals surface area contributed by atoms with Crippen molar-refractivity contribution in [3.05, 3.63) is 36.2 Å². The molecular weight excluding hydrogens is 138 g/mol. The Morgan fingerprint density at radius 3 is 3.00 bits per heavy atom. The van der Waals surface area contributed by atoms with Gasteiger partial charge in [0.15, 0.2) is 0 Å². The van der Waals surface area contributed by atoms with Crippen molar-refractivity contribution >= 4 is 6.08 Å². The van der Waals surface area contributed by atoms with E-state index in [-0.39, 0.29) is 0 Å². The zero-order valence-corrected chi connectivity index (χ0v) is 6.44. The van der Waals surface area contributed by atoms with Gasteiger partial charge in [-0.3, -0.25) is 4.98 Å². The summed E-state index contributed by atoms with van der Waals surface area (Å²) in [5.74, 6) is 0. The van der Waals surface area contributed by atoms with Crippen LogP contribution in [-0.2, 0) is 0 Å². The van der Waals surface area contributed by atoms with Gasteiger partial charge in [0, 0.05) is 12.4 Å². The zero-order chi connectivity index (χ0) is 8.10. The molecule has 1 rings (SSSR count). The Balaban J connectivity index is 2.65. The fourth-order valence-corrected chi connectivity index (χ4v) is 0.725. The van der Waals surface area contributed by atoms with Crippen molar-refractivity contribution in [1.29, 1.82) is 0 Å². The van der Waals surface area contributed by atoms with Crippen molar-refractivity contribution in [2.24, 2.45) is 0 Å². The van der Waals surface area contributed by atoms with E-state index in [1.165, 1.54) is 0 Å². The molecule has 2 nitrogen and oxygen atoms in total. The first-order valence-electron chi connectivity index (χ1n) is 3.55. The van der Waals surface area contributed by atoms with E-state index < -0.39 is 6.10 Å². The lowest BCUT2D eigenvalue weighted by Crippen LogP contribution is -1.91. The van der Waals surface area contributed by atoms with Gasteiger partial charge in [-0.15, -0.1) is 0 Å². The van der Waals surface area contributed by atoms with Gasteiger partial charge < -0.3 is 5.11 Å². The standard InChI is InChI=1S/C9H11NO/c1-8(11)4-5-9-3-2-6-10-7-9/h2-8,11H,1H3/b5-4-. The van der Waals surface area contributed by atoms with Crippen molar-refractivity contribution in [2.75, 3.05) is 0 Å². The molecule has 0 aliphatic rings. The van der Waals surface area contributed by atoms with Crippen LogP contribution in [0.5, 0.6) is 0 Å². The Kier molecular flexibility index (Phi) is 2.81. The van der Waals surface area contributed by atoms with Gasteiger partial charge in [-0.2, -0.15) is 0 Å². The van der Waals surface area contributed by atoms with Gasteiger partial charge in [-0.25, -0.2) is 0 Å². The number of hydrogen-bond donors (Lipinski definition) is 1. The molecule has 1 heterocycles. The molecule has 0 bridgehead atoms. The second-order valence-electron chi connectivity index (χ2n) is 2.39. The predicted octanol–water partition coefficient (Wildman–Crippen LogP) is 1.48. The van der Waals surface area contributed by atoms with Gasteiger partial charge in [0.25, 0.3) is 0 Å². The summed E-state index contributed by atoms with van der Waals surface area (Å²) in [5, 5.41) is 8.91. The third kappa shape index (κ3) is 2.96. The van der Waals surface area contributed by atoms with E-state index in [4.69, 9.17) is 5.11 Å². The maximum absolute atomic E-state index is 8.91.